The number of nitroso groups, excluding NO2 is 1. The lowest BCUT2D eigenvalue weighted by Gasteiger charge is -2.37. The second-order valence-electron chi connectivity index (χ2n) is 10.5. The third kappa shape index (κ3) is 10.8. The Hall–Kier alpha value is -4.14. The first-order chi connectivity index (χ1) is 20.7. The van der Waals surface area contributed by atoms with Crippen LogP contribution in [0.2, 0.25) is 0 Å². The van der Waals surface area contributed by atoms with E-state index < -0.39 is 42.3 Å². The van der Waals surface area contributed by atoms with Crippen LogP contribution in [0.3, 0.4) is 0 Å². The zero-order valence-corrected chi connectivity index (χ0v) is 25.1. The molecule has 1 fully saturated rings. The number of ketones is 1. The van der Waals surface area contributed by atoms with E-state index in [1.807, 2.05) is 24.3 Å². The highest BCUT2D eigenvalue weighted by atomic mass is 32.2. The third-order valence-corrected chi connectivity index (χ3v) is 8.30. The maximum absolute atomic E-state index is 12.7. The quantitative estimate of drug-likeness (QED) is 0.122. The van der Waals surface area contributed by atoms with Crippen molar-refractivity contribution in [2.75, 3.05) is 26.7 Å². The lowest BCUT2D eigenvalue weighted by atomic mass is 9.93. The number of ether oxygens (including phenoxy) is 1. The summed E-state index contributed by atoms with van der Waals surface area (Å²) in [5.41, 5.74) is -1.08. The van der Waals surface area contributed by atoms with Crippen LogP contribution in [0.5, 0.6) is 0 Å². The van der Waals surface area contributed by atoms with Crippen LogP contribution in [0.25, 0.3) is 0 Å². The molecule has 0 amide bonds. The summed E-state index contributed by atoms with van der Waals surface area (Å²) in [5.74, 6) is -6.89. The Kier molecular flexibility index (Phi) is 13.6. The average molecular weight is 630 g/mol. The zero-order valence-electron chi connectivity index (χ0n) is 24.3. The second kappa shape index (κ2) is 16.6. The predicted molar refractivity (Wildman–Crippen MR) is 152 cm³/mol. The summed E-state index contributed by atoms with van der Waals surface area (Å²) >= 11 is 1.08. The molecule has 2 aromatic rings. The number of nitrogens with zero attached hydrogens (tertiary/aromatic N) is 2. The molecule has 13 nitrogen and oxygen atoms in total. The van der Waals surface area contributed by atoms with Crippen LogP contribution in [-0.2, 0) is 23.9 Å². The van der Waals surface area contributed by atoms with Crippen molar-refractivity contribution in [3.05, 3.63) is 76.2 Å². The Morgan fingerprint density at radius 3 is 2.07 bits per heavy atom. The summed E-state index contributed by atoms with van der Waals surface area (Å²) in [7, 11) is 2.06. The van der Waals surface area contributed by atoms with Crippen molar-refractivity contribution >= 4 is 41.6 Å². The number of carbonyl (C=O) groups excluding carboxylic acids is 5. The molecule has 0 aromatic heterocycles. The molecular formula is C30H33N2O11S-3. The standard InChI is InChI=1S/C24H28N2O4S.C6H8O7/c1-18(20-9-6-10-21(17-20)22(27)19-7-4-3-5-8-19)23(28)30-16-13-24(31-25-29)11-14-26(2)15-12-24;7-3(8)1-6(13,5(11)12)2-4(9)10/h3-10,17-18H,11-16H2,1-2H3;13H,1-2H2,(H,7,8)(H,9,10)(H,11,12)/p-3. The molecule has 0 spiro atoms. The number of carbonyl (C=O) groups is 5. The normalized spacial score (nSPS) is 15.2. The third-order valence-electron chi connectivity index (χ3n) is 7.22. The number of likely N-dealkylation sites (tertiary alicyclic amines) is 1. The van der Waals surface area contributed by atoms with Gasteiger partial charge in [0.1, 0.15) is 5.60 Å². The first-order valence-corrected chi connectivity index (χ1v) is 14.4. The summed E-state index contributed by atoms with van der Waals surface area (Å²) in [6.07, 6.45) is -0.428. The Morgan fingerprint density at radius 2 is 1.55 bits per heavy atom. The molecule has 3 rings (SSSR count). The number of piperidine rings is 1. The van der Waals surface area contributed by atoms with Crippen molar-refractivity contribution in [1.82, 2.24) is 4.90 Å². The predicted octanol–water partition coefficient (Wildman–Crippen LogP) is -0.419. The smallest absolute Gasteiger partial charge is 0.313 e. The molecule has 1 atom stereocenters. The van der Waals surface area contributed by atoms with E-state index in [4.69, 9.17) is 9.84 Å². The fourth-order valence-electron chi connectivity index (χ4n) is 4.48. The van der Waals surface area contributed by atoms with Gasteiger partial charge >= 0.3 is 5.97 Å². The number of hydrogen-bond acceptors (Lipinski definition) is 14. The van der Waals surface area contributed by atoms with Crippen molar-refractivity contribution in [2.24, 2.45) is 4.58 Å². The SMILES string of the molecule is CC(C(=O)OCCC1(SN=O)CCN(C)CC1)c1cccc(C(=O)c2ccccc2)c1.O=C([O-])CC(O)(CC(=O)[O-])C(=O)[O-]. The maximum atomic E-state index is 12.7. The minimum Gasteiger partial charge on any atom is -0.550 e. The number of carboxylic acids is 3. The summed E-state index contributed by atoms with van der Waals surface area (Å²) < 4.78 is 8.35. The van der Waals surface area contributed by atoms with Crippen molar-refractivity contribution in [3.8, 4) is 0 Å². The Balaban J connectivity index is 0.000000439. The Morgan fingerprint density at radius 1 is 0.977 bits per heavy atom. The van der Waals surface area contributed by atoms with Crippen LogP contribution >= 0.6 is 11.9 Å². The molecule has 1 aliphatic heterocycles. The molecule has 1 N–H and O–H groups in total. The van der Waals surface area contributed by atoms with Crippen LogP contribution in [0, 0.1) is 4.91 Å². The van der Waals surface area contributed by atoms with Crippen molar-refractivity contribution in [1.29, 1.82) is 0 Å². The molecule has 1 unspecified atom stereocenters. The van der Waals surface area contributed by atoms with Gasteiger partial charge in [-0.3, -0.25) is 9.59 Å². The van der Waals surface area contributed by atoms with Crippen molar-refractivity contribution in [3.63, 3.8) is 0 Å². The molecule has 2 aromatic carbocycles. The number of hydrogen-bond donors (Lipinski definition) is 1. The van der Waals surface area contributed by atoms with Crippen LogP contribution < -0.4 is 15.3 Å². The van der Waals surface area contributed by atoms with E-state index in [1.54, 1.807) is 37.3 Å². The van der Waals surface area contributed by atoms with Gasteiger partial charge in [-0.15, -0.1) is 4.91 Å². The average Bonchev–Trinajstić information content (AvgIpc) is 2.98. The molecule has 14 heteroatoms. The lowest BCUT2D eigenvalue weighted by Crippen LogP contribution is -2.54. The highest BCUT2D eigenvalue weighted by molar-refractivity contribution is 7.99. The van der Waals surface area contributed by atoms with E-state index in [9.17, 15) is 44.2 Å². The molecule has 1 heterocycles. The van der Waals surface area contributed by atoms with Gasteiger partial charge < -0.3 is 44.4 Å². The minimum absolute atomic E-state index is 0.0781. The van der Waals surface area contributed by atoms with Gasteiger partial charge in [0.25, 0.3) is 0 Å². The summed E-state index contributed by atoms with van der Waals surface area (Å²) in [6, 6.07) is 16.2. The Labute approximate surface area is 258 Å². The lowest BCUT2D eigenvalue weighted by molar-refractivity contribution is -0.339. The highest BCUT2D eigenvalue weighted by Crippen LogP contribution is 2.39. The molecule has 238 valence electrons. The number of benzene rings is 2. The van der Waals surface area contributed by atoms with E-state index in [0.717, 1.165) is 43.4 Å². The van der Waals surface area contributed by atoms with Crippen LogP contribution in [0.15, 0.2) is 59.2 Å². The first kappa shape index (κ1) is 36.1. The van der Waals surface area contributed by atoms with Gasteiger partial charge in [-0.2, -0.15) is 0 Å². The molecule has 0 bridgehead atoms. The number of aliphatic carboxylic acids is 3. The van der Waals surface area contributed by atoms with Crippen molar-refractivity contribution < 1.29 is 49.1 Å². The monoisotopic (exact) mass is 629 g/mol. The van der Waals surface area contributed by atoms with Crippen LogP contribution in [0.4, 0.5) is 0 Å². The summed E-state index contributed by atoms with van der Waals surface area (Å²) in [6.45, 7) is 3.82. The molecule has 1 aliphatic rings. The number of esters is 1. The van der Waals surface area contributed by atoms with Gasteiger partial charge in [0.2, 0.25) is 0 Å². The molecule has 1 saturated heterocycles. The summed E-state index contributed by atoms with van der Waals surface area (Å²) in [4.78, 5) is 68.5. The van der Waals surface area contributed by atoms with Gasteiger partial charge in [0.05, 0.1) is 18.5 Å². The molecule has 44 heavy (non-hydrogen) atoms. The molecular weight excluding hydrogens is 596 g/mol. The number of carboxylic acid groups (broad SMARTS) is 3. The fraction of sp³-hybridized carbons (Fsp3) is 0.433. The van der Waals surface area contributed by atoms with E-state index in [0.29, 0.717) is 17.5 Å². The second-order valence-corrected chi connectivity index (χ2v) is 11.7. The number of aliphatic hydroxyl groups is 1. The number of rotatable bonds is 14. The van der Waals surface area contributed by atoms with Crippen molar-refractivity contribution in [2.45, 2.75) is 55.3 Å². The molecule has 0 saturated carbocycles. The maximum Gasteiger partial charge on any atom is 0.313 e. The fourth-order valence-corrected chi connectivity index (χ4v) is 5.18. The van der Waals surface area contributed by atoms with E-state index in [2.05, 4.69) is 16.5 Å². The van der Waals surface area contributed by atoms with Gasteiger partial charge in [-0.05, 0) is 58.0 Å². The zero-order chi connectivity index (χ0) is 32.9. The highest BCUT2D eigenvalue weighted by Gasteiger charge is 2.36. The largest absolute Gasteiger partial charge is 0.550 e. The molecule has 0 aliphatic carbocycles. The van der Waals surface area contributed by atoms with E-state index in [-0.39, 0.29) is 23.1 Å². The van der Waals surface area contributed by atoms with Gasteiger partial charge in [0.15, 0.2) is 5.78 Å². The summed E-state index contributed by atoms with van der Waals surface area (Å²) in [5, 5.41) is 38.9. The molecule has 0 radical (unpaired) electrons. The van der Waals surface area contributed by atoms with Crippen LogP contribution in [0.1, 0.15) is 66.4 Å². The van der Waals surface area contributed by atoms with E-state index in [1.165, 1.54) is 0 Å². The van der Waals surface area contributed by atoms with E-state index >= 15 is 0 Å². The van der Waals surface area contributed by atoms with Gasteiger partial charge in [-0.1, -0.05) is 48.5 Å². The van der Waals surface area contributed by atoms with Crippen LogP contribution in [-0.4, -0.2) is 76.8 Å². The topological polar surface area (TPSA) is 217 Å². The van der Waals surface area contributed by atoms with Gasteiger partial charge in [-0.25, -0.2) is 0 Å². The Bertz CT molecular complexity index is 1310. The first-order valence-electron chi connectivity index (χ1n) is 13.6. The van der Waals surface area contributed by atoms with Gasteiger partial charge in [0, 0.05) is 57.2 Å². The minimum atomic E-state index is -2.97.